The summed E-state index contributed by atoms with van der Waals surface area (Å²) in [7, 11) is 0. The average molecular weight is 295 g/mol. The van der Waals surface area contributed by atoms with Gasteiger partial charge in [0.2, 0.25) is 5.91 Å². The van der Waals surface area contributed by atoms with Gasteiger partial charge in [-0.05, 0) is 52.6 Å². The van der Waals surface area contributed by atoms with Crippen molar-refractivity contribution in [2.75, 3.05) is 13.1 Å². The number of aromatic nitrogens is 3. The number of aromatic amines is 2. The van der Waals surface area contributed by atoms with Gasteiger partial charge < -0.3 is 10.2 Å². The van der Waals surface area contributed by atoms with Crippen LogP contribution in [-0.2, 0) is 4.79 Å². The molecule has 3 N–H and O–H groups in total. The predicted molar refractivity (Wildman–Crippen MR) is 79.8 cm³/mol. The SMILES string of the molecule is CC(NC(=O)CC1CCN(C(C)C)CC1)c1n[nH]c(=O)[nH]1. The van der Waals surface area contributed by atoms with Gasteiger partial charge in [0.15, 0.2) is 5.82 Å². The number of hydrogen-bond acceptors (Lipinski definition) is 4. The number of carbonyl (C=O) groups excluding carboxylic acids is 1. The van der Waals surface area contributed by atoms with E-state index < -0.39 is 0 Å². The van der Waals surface area contributed by atoms with Gasteiger partial charge in [-0.15, -0.1) is 0 Å². The number of rotatable bonds is 5. The molecule has 2 heterocycles. The second-order valence-electron chi connectivity index (χ2n) is 6.13. The van der Waals surface area contributed by atoms with Crippen LogP contribution in [0.5, 0.6) is 0 Å². The minimum Gasteiger partial charge on any atom is -0.346 e. The number of nitrogens with one attached hydrogen (secondary N) is 3. The molecule has 1 unspecified atom stereocenters. The van der Waals surface area contributed by atoms with Crippen LogP contribution in [0.1, 0.15) is 51.9 Å². The van der Waals surface area contributed by atoms with E-state index in [4.69, 9.17) is 0 Å². The molecule has 0 bridgehead atoms. The lowest BCUT2D eigenvalue weighted by molar-refractivity contribution is -0.123. The lowest BCUT2D eigenvalue weighted by atomic mass is 9.92. The lowest BCUT2D eigenvalue weighted by Gasteiger charge is -2.34. The standard InChI is InChI=1S/C14H25N5O2/c1-9(2)19-6-4-11(5-7-19)8-12(20)15-10(3)13-16-14(21)18-17-13/h9-11H,4-8H2,1-3H3,(H,15,20)(H2,16,17,18,21). The summed E-state index contributed by atoms with van der Waals surface area (Å²) >= 11 is 0. The Labute approximate surface area is 124 Å². The van der Waals surface area contributed by atoms with E-state index in [1.165, 1.54) is 0 Å². The Hall–Kier alpha value is -1.63. The fourth-order valence-electron chi connectivity index (χ4n) is 2.79. The Bertz CT molecular complexity index is 513. The van der Waals surface area contributed by atoms with Crippen LogP contribution < -0.4 is 11.0 Å². The molecule has 1 aliphatic rings. The molecule has 2 rings (SSSR count). The normalized spacial score (nSPS) is 18.9. The van der Waals surface area contributed by atoms with Gasteiger partial charge in [-0.25, -0.2) is 9.89 Å². The van der Waals surface area contributed by atoms with Gasteiger partial charge in [0, 0.05) is 12.5 Å². The molecule has 7 heteroatoms. The molecule has 0 radical (unpaired) electrons. The summed E-state index contributed by atoms with van der Waals surface area (Å²) in [5, 5.41) is 9.02. The first-order valence-electron chi connectivity index (χ1n) is 7.63. The van der Waals surface area contributed by atoms with Gasteiger partial charge in [0.25, 0.3) is 0 Å². The summed E-state index contributed by atoms with van der Waals surface area (Å²) < 4.78 is 0. The van der Waals surface area contributed by atoms with Crippen LogP contribution in [0.2, 0.25) is 0 Å². The van der Waals surface area contributed by atoms with E-state index >= 15 is 0 Å². The monoisotopic (exact) mass is 295 g/mol. The number of H-pyrrole nitrogens is 2. The van der Waals surface area contributed by atoms with Crippen molar-refractivity contribution in [3.63, 3.8) is 0 Å². The maximum atomic E-state index is 12.1. The second-order valence-corrected chi connectivity index (χ2v) is 6.13. The van der Waals surface area contributed by atoms with Crippen molar-refractivity contribution in [2.24, 2.45) is 5.92 Å². The first-order valence-corrected chi connectivity index (χ1v) is 7.63. The highest BCUT2D eigenvalue weighted by Crippen LogP contribution is 2.22. The Morgan fingerprint density at radius 1 is 1.38 bits per heavy atom. The highest BCUT2D eigenvalue weighted by molar-refractivity contribution is 5.76. The highest BCUT2D eigenvalue weighted by Gasteiger charge is 2.23. The number of piperidine rings is 1. The number of amides is 1. The molecule has 21 heavy (non-hydrogen) atoms. The van der Waals surface area contributed by atoms with Gasteiger partial charge in [0.05, 0.1) is 6.04 Å². The van der Waals surface area contributed by atoms with Crippen molar-refractivity contribution in [2.45, 2.75) is 52.1 Å². The van der Waals surface area contributed by atoms with Crippen LogP contribution in [0.15, 0.2) is 4.79 Å². The molecule has 0 aliphatic carbocycles. The van der Waals surface area contributed by atoms with E-state index in [1.54, 1.807) is 0 Å². The van der Waals surface area contributed by atoms with Crippen LogP contribution in [0.25, 0.3) is 0 Å². The minimum absolute atomic E-state index is 0.0225. The minimum atomic E-state index is -0.354. The third-order valence-electron chi connectivity index (χ3n) is 4.16. The Morgan fingerprint density at radius 3 is 2.57 bits per heavy atom. The van der Waals surface area contributed by atoms with Crippen LogP contribution in [0, 0.1) is 5.92 Å². The number of nitrogens with zero attached hydrogens (tertiary/aromatic N) is 2. The van der Waals surface area contributed by atoms with E-state index in [-0.39, 0.29) is 17.6 Å². The quantitative estimate of drug-likeness (QED) is 0.748. The molecule has 7 nitrogen and oxygen atoms in total. The molecule has 1 fully saturated rings. The van der Waals surface area contributed by atoms with E-state index in [1.807, 2.05) is 6.92 Å². The molecule has 118 valence electrons. The molecule has 0 spiro atoms. The van der Waals surface area contributed by atoms with Gasteiger partial charge >= 0.3 is 5.69 Å². The summed E-state index contributed by atoms with van der Waals surface area (Å²) in [6.45, 7) is 8.36. The summed E-state index contributed by atoms with van der Waals surface area (Å²) in [5.41, 5.74) is -0.354. The van der Waals surface area contributed by atoms with Crippen molar-refractivity contribution in [1.82, 2.24) is 25.4 Å². The topological polar surface area (TPSA) is 93.9 Å². The van der Waals surface area contributed by atoms with Gasteiger partial charge in [-0.1, -0.05) is 0 Å². The fourth-order valence-corrected chi connectivity index (χ4v) is 2.79. The van der Waals surface area contributed by atoms with E-state index in [9.17, 15) is 9.59 Å². The molecule has 1 aromatic heterocycles. The van der Waals surface area contributed by atoms with Crippen LogP contribution in [0.3, 0.4) is 0 Å². The smallest absolute Gasteiger partial charge is 0.340 e. The van der Waals surface area contributed by atoms with Crippen molar-refractivity contribution >= 4 is 5.91 Å². The summed E-state index contributed by atoms with van der Waals surface area (Å²) in [6, 6.07) is 0.295. The number of likely N-dealkylation sites (tertiary alicyclic amines) is 1. The Kier molecular flexibility index (Phi) is 5.17. The number of carbonyl (C=O) groups is 1. The maximum Gasteiger partial charge on any atom is 0.340 e. The van der Waals surface area contributed by atoms with Crippen LogP contribution >= 0.6 is 0 Å². The maximum absolute atomic E-state index is 12.1. The van der Waals surface area contributed by atoms with E-state index in [2.05, 4.69) is 39.2 Å². The van der Waals surface area contributed by atoms with Crippen molar-refractivity contribution in [3.05, 3.63) is 16.3 Å². The molecule has 0 aromatic carbocycles. The van der Waals surface area contributed by atoms with Crippen LogP contribution in [-0.4, -0.2) is 45.1 Å². The zero-order valence-electron chi connectivity index (χ0n) is 13.0. The molecule has 1 aliphatic heterocycles. The van der Waals surface area contributed by atoms with Crippen molar-refractivity contribution in [3.8, 4) is 0 Å². The van der Waals surface area contributed by atoms with Crippen molar-refractivity contribution < 1.29 is 4.79 Å². The van der Waals surface area contributed by atoms with Gasteiger partial charge in [-0.3, -0.25) is 9.78 Å². The third-order valence-corrected chi connectivity index (χ3v) is 4.16. The lowest BCUT2D eigenvalue weighted by Crippen LogP contribution is -2.39. The predicted octanol–water partition coefficient (Wildman–Crippen LogP) is 0.786. The molecule has 1 atom stereocenters. The second kappa shape index (κ2) is 6.89. The number of hydrogen-bond donors (Lipinski definition) is 3. The molecule has 0 saturated carbocycles. The van der Waals surface area contributed by atoms with Gasteiger partial charge in [-0.2, -0.15) is 5.10 Å². The zero-order valence-corrected chi connectivity index (χ0v) is 13.0. The molecular weight excluding hydrogens is 270 g/mol. The average Bonchev–Trinajstić information content (AvgIpc) is 2.86. The van der Waals surface area contributed by atoms with E-state index in [0.29, 0.717) is 24.2 Å². The Morgan fingerprint density at radius 2 is 2.05 bits per heavy atom. The van der Waals surface area contributed by atoms with Crippen molar-refractivity contribution in [1.29, 1.82) is 0 Å². The largest absolute Gasteiger partial charge is 0.346 e. The molecular formula is C14H25N5O2. The third kappa shape index (κ3) is 4.42. The molecule has 1 aromatic rings. The Balaban J connectivity index is 1.76. The zero-order chi connectivity index (χ0) is 15.4. The first-order chi connectivity index (χ1) is 9.95. The summed E-state index contributed by atoms with van der Waals surface area (Å²) in [4.78, 5) is 28.1. The highest BCUT2D eigenvalue weighted by atomic mass is 16.2. The molecule has 1 saturated heterocycles. The first kappa shape index (κ1) is 15.8. The van der Waals surface area contributed by atoms with Gasteiger partial charge in [0.1, 0.15) is 0 Å². The molecule has 1 amide bonds. The fraction of sp³-hybridized carbons (Fsp3) is 0.786. The van der Waals surface area contributed by atoms with Crippen LogP contribution in [0.4, 0.5) is 0 Å². The summed E-state index contributed by atoms with van der Waals surface area (Å²) in [5.74, 6) is 0.933. The summed E-state index contributed by atoms with van der Waals surface area (Å²) in [6.07, 6.45) is 2.68. The van der Waals surface area contributed by atoms with E-state index in [0.717, 1.165) is 25.9 Å².